The lowest BCUT2D eigenvalue weighted by Crippen LogP contribution is -2.36. The van der Waals surface area contributed by atoms with Crippen molar-refractivity contribution in [1.29, 1.82) is 0 Å². The number of carbonyl (C=O) groups is 2. The Hall–Kier alpha value is -2.52. The molecule has 0 aliphatic carbocycles. The van der Waals surface area contributed by atoms with Crippen LogP contribution in [0.4, 0.5) is 0 Å². The van der Waals surface area contributed by atoms with Crippen molar-refractivity contribution in [2.45, 2.75) is 72.4 Å². The van der Waals surface area contributed by atoms with Gasteiger partial charge in [-0.05, 0) is 20.8 Å². The number of amides is 2. The molecule has 0 spiro atoms. The highest BCUT2D eigenvalue weighted by atomic mass is 16.5. The van der Waals surface area contributed by atoms with E-state index in [4.69, 9.17) is 9.47 Å². The number of carbonyl (C=O) groups excluding carboxylic acids is 2. The standard InChI is InChI=1S/C25H41N5O4/c1-19(11-12-30-21(31)9-10-22(30)32)26-16-24(5,6)17-33-18-25(7,8)20-15-29(28-27-20)13-14-34-23(2,3)4/h9-10,15,26H,1,11-14,16-18H2,2-8H3. The summed E-state index contributed by atoms with van der Waals surface area (Å²) in [6, 6.07) is 0. The topological polar surface area (TPSA) is 98.6 Å². The molecule has 0 atom stereocenters. The van der Waals surface area contributed by atoms with Gasteiger partial charge in [0.1, 0.15) is 0 Å². The minimum absolute atomic E-state index is 0.137. The highest BCUT2D eigenvalue weighted by molar-refractivity contribution is 6.12. The molecule has 0 radical (unpaired) electrons. The van der Waals surface area contributed by atoms with Gasteiger partial charge in [-0.15, -0.1) is 5.10 Å². The van der Waals surface area contributed by atoms with Gasteiger partial charge in [0, 0.05) is 54.4 Å². The van der Waals surface area contributed by atoms with Gasteiger partial charge in [-0.1, -0.05) is 39.5 Å². The predicted octanol–water partition coefficient (Wildman–Crippen LogP) is 2.83. The number of hydrogen-bond donors (Lipinski definition) is 1. The molecule has 0 aromatic carbocycles. The Labute approximate surface area is 203 Å². The van der Waals surface area contributed by atoms with E-state index >= 15 is 0 Å². The zero-order valence-corrected chi connectivity index (χ0v) is 21.8. The number of imide groups is 1. The van der Waals surface area contributed by atoms with Crippen molar-refractivity contribution in [3.63, 3.8) is 0 Å². The van der Waals surface area contributed by atoms with E-state index in [0.717, 1.165) is 11.4 Å². The van der Waals surface area contributed by atoms with Crippen LogP contribution in [0.15, 0.2) is 30.6 Å². The molecule has 1 aliphatic rings. The van der Waals surface area contributed by atoms with Gasteiger partial charge in [-0.2, -0.15) is 0 Å². The van der Waals surface area contributed by atoms with Crippen LogP contribution in [0.3, 0.4) is 0 Å². The molecule has 0 saturated heterocycles. The number of nitrogens with one attached hydrogen (secondary N) is 1. The molecular formula is C25H41N5O4. The van der Waals surface area contributed by atoms with E-state index in [1.165, 1.54) is 17.1 Å². The summed E-state index contributed by atoms with van der Waals surface area (Å²) in [5.41, 5.74) is 1.08. The Morgan fingerprint density at radius 2 is 1.68 bits per heavy atom. The Morgan fingerprint density at radius 3 is 2.29 bits per heavy atom. The quantitative estimate of drug-likeness (QED) is 0.413. The maximum Gasteiger partial charge on any atom is 0.253 e. The van der Waals surface area contributed by atoms with E-state index in [1.807, 2.05) is 31.6 Å². The molecule has 9 nitrogen and oxygen atoms in total. The number of nitrogens with zero attached hydrogens (tertiary/aromatic N) is 4. The monoisotopic (exact) mass is 475 g/mol. The first kappa shape index (κ1) is 27.7. The van der Waals surface area contributed by atoms with Crippen molar-refractivity contribution in [2.24, 2.45) is 5.41 Å². The van der Waals surface area contributed by atoms with Gasteiger partial charge in [-0.25, -0.2) is 4.68 Å². The summed E-state index contributed by atoms with van der Waals surface area (Å²) < 4.78 is 13.6. The molecule has 2 amide bonds. The van der Waals surface area contributed by atoms with Crippen molar-refractivity contribution >= 4 is 11.8 Å². The molecule has 1 aromatic heterocycles. The summed E-state index contributed by atoms with van der Waals surface area (Å²) in [7, 11) is 0. The van der Waals surface area contributed by atoms with Crippen molar-refractivity contribution < 1.29 is 19.1 Å². The van der Waals surface area contributed by atoms with Gasteiger partial charge < -0.3 is 14.8 Å². The Balaban J connectivity index is 1.71. The largest absolute Gasteiger partial charge is 0.388 e. The van der Waals surface area contributed by atoms with E-state index in [-0.39, 0.29) is 28.2 Å². The van der Waals surface area contributed by atoms with Crippen LogP contribution in [-0.2, 0) is 31.0 Å². The SMILES string of the molecule is C=C(CCN1C(=O)C=CC1=O)NCC(C)(C)COCC(C)(C)c1cn(CCOC(C)(C)C)nn1. The zero-order chi connectivity index (χ0) is 25.6. The van der Waals surface area contributed by atoms with Crippen LogP contribution in [0.25, 0.3) is 0 Å². The first-order valence-corrected chi connectivity index (χ1v) is 11.8. The van der Waals surface area contributed by atoms with Crippen LogP contribution in [-0.4, -0.2) is 70.2 Å². The summed E-state index contributed by atoms with van der Waals surface area (Å²) in [5.74, 6) is -0.542. The van der Waals surface area contributed by atoms with E-state index in [2.05, 4.69) is 49.9 Å². The third-order valence-corrected chi connectivity index (χ3v) is 5.40. The second kappa shape index (κ2) is 11.3. The predicted molar refractivity (Wildman–Crippen MR) is 131 cm³/mol. The minimum atomic E-state index is -0.279. The third-order valence-electron chi connectivity index (χ3n) is 5.40. The summed E-state index contributed by atoms with van der Waals surface area (Å²) in [4.78, 5) is 24.5. The molecule has 0 bridgehead atoms. The van der Waals surface area contributed by atoms with Crippen LogP contribution in [0.2, 0.25) is 0 Å². The Bertz CT molecular complexity index is 877. The third kappa shape index (κ3) is 9.02. The molecule has 0 fully saturated rings. The lowest BCUT2D eigenvalue weighted by molar-refractivity contribution is -0.136. The summed E-state index contributed by atoms with van der Waals surface area (Å²) in [6.45, 7) is 21.8. The number of rotatable bonds is 14. The lowest BCUT2D eigenvalue weighted by atomic mass is 9.90. The number of aromatic nitrogens is 3. The van der Waals surface area contributed by atoms with Crippen LogP contribution in [0.1, 0.15) is 60.6 Å². The Morgan fingerprint density at radius 1 is 1.03 bits per heavy atom. The molecule has 2 rings (SSSR count). The van der Waals surface area contributed by atoms with E-state index in [9.17, 15) is 9.59 Å². The molecule has 1 N–H and O–H groups in total. The van der Waals surface area contributed by atoms with Gasteiger partial charge in [0.25, 0.3) is 11.8 Å². The van der Waals surface area contributed by atoms with E-state index in [1.54, 1.807) is 0 Å². The molecule has 34 heavy (non-hydrogen) atoms. The number of hydrogen-bond acceptors (Lipinski definition) is 7. The highest BCUT2D eigenvalue weighted by Crippen LogP contribution is 2.23. The molecule has 9 heteroatoms. The van der Waals surface area contributed by atoms with Crippen LogP contribution in [0.5, 0.6) is 0 Å². The van der Waals surface area contributed by atoms with Crippen molar-refractivity contribution in [1.82, 2.24) is 25.2 Å². The summed E-state index contributed by atoms with van der Waals surface area (Å²) in [6.07, 6.45) is 5.06. The van der Waals surface area contributed by atoms with Crippen LogP contribution >= 0.6 is 0 Å². The van der Waals surface area contributed by atoms with Crippen LogP contribution < -0.4 is 5.32 Å². The normalized spacial score (nSPS) is 14.9. The van der Waals surface area contributed by atoms with E-state index < -0.39 is 0 Å². The second-order valence-corrected chi connectivity index (χ2v) is 11.2. The zero-order valence-electron chi connectivity index (χ0n) is 21.8. The van der Waals surface area contributed by atoms with Crippen LogP contribution in [0, 0.1) is 5.41 Å². The molecule has 2 heterocycles. The van der Waals surface area contributed by atoms with Gasteiger partial charge in [0.2, 0.25) is 0 Å². The van der Waals surface area contributed by atoms with Gasteiger partial charge >= 0.3 is 0 Å². The smallest absolute Gasteiger partial charge is 0.253 e. The first-order valence-electron chi connectivity index (χ1n) is 11.8. The molecular weight excluding hydrogens is 434 g/mol. The second-order valence-electron chi connectivity index (χ2n) is 11.2. The molecule has 1 aliphatic heterocycles. The fourth-order valence-corrected chi connectivity index (χ4v) is 3.22. The fourth-order valence-electron chi connectivity index (χ4n) is 3.22. The van der Waals surface area contributed by atoms with Crippen molar-refractivity contribution in [3.05, 3.63) is 36.3 Å². The fraction of sp³-hybridized carbons (Fsp3) is 0.680. The Kier molecular flexibility index (Phi) is 9.19. The molecule has 190 valence electrons. The first-order chi connectivity index (χ1) is 15.7. The summed E-state index contributed by atoms with van der Waals surface area (Å²) >= 11 is 0. The summed E-state index contributed by atoms with van der Waals surface area (Å²) in [5, 5.41) is 11.9. The van der Waals surface area contributed by atoms with Gasteiger partial charge in [0.05, 0.1) is 37.7 Å². The molecule has 1 aromatic rings. The number of ether oxygens (including phenoxy) is 2. The lowest BCUT2D eigenvalue weighted by Gasteiger charge is -2.29. The van der Waals surface area contributed by atoms with Crippen molar-refractivity contribution in [2.75, 3.05) is 32.9 Å². The van der Waals surface area contributed by atoms with E-state index in [0.29, 0.717) is 45.9 Å². The minimum Gasteiger partial charge on any atom is -0.388 e. The molecule has 0 unspecified atom stereocenters. The van der Waals surface area contributed by atoms with Gasteiger partial charge in [0.15, 0.2) is 0 Å². The average Bonchev–Trinajstić information content (AvgIpc) is 3.31. The maximum atomic E-state index is 11.6. The van der Waals surface area contributed by atoms with Gasteiger partial charge in [-0.3, -0.25) is 14.5 Å². The highest BCUT2D eigenvalue weighted by Gasteiger charge is 2.27. The molecule has 0 saturated carbocycles. The average molecular weight is 476 g/mol. The van der Waals surface area contributed by atoms with Crippen molar-refractivity contribution in [3.8, 4) is 0 Å². The maximum absolute atomic E-state index is 11.6.